The lowest BCUT2D eigenvalue weighted by Crippen LogP contribution is -2.12. The largest absolute Gasteiger partial charge is 0.507 e. The van der Waals surface area contributed by atoms with E-state index in [0.717, 1.165) is 11.1 Å². The maximum atomic E-state index is 12.3. The summed E-state index contributed by atoms with van der Waals surface area (Å²) in [5.41, 5.74) is 2.60. The number of nitrogens with zero attached hydrogens (tertiary/aromatic N) is 4. The second kappa shape index (κ2) is 8.33. The normalized spacial score (nSPS) is 11.6. The number of esters is 1. The van der Waals surface area contributed by atoms with Gasteiger partial charge in [-0.1, -0.05) is 54.1 Å². The van der Waals surface area contributed by atoms with Crippen LogP contribution in [-0.2, 0) is 9.53 Å². The van der Waals surface area contributed by atoms with E-state index in [1.165, 1.54) is 7.11 Å². The Bertz CT molecular complexity index is 1450. The number of aryl methyl sites for hydroxylation is 1. The second-order valence-corrected chi connectivity index (χ2v) is 7.39. The highest BCUT2D eigenvalue weighted by atomic mass is 16.5. The molecule has 4 aromatic rings. The van der Waals surface area contributed by atoms with Crippen LogP contribution in [0.4, 0.5) is 0 Å². The number of rotatable bonds is 4. The van der Waals surface area contributed by atoms with E-state index >= 15 is 0 Å². The van der Waals surface area contributed by atoms with Crippen molar-refractivity contribution >= 4 is 27.8 Å². The molecule has 4 rings (SSSR count). The van der Waals surface area contributed by atoms with Gasteiger partial charge in [0.15, 0.2) is 11.4 Å². The van der Waals surface area contributed by atoms with Gasteiger partial charge in [-0.3, -0.25) is 4.79 Å². The minimum Gasteiger partial charge on any atom is -0.507 e. The number of phenols is 1. The molecule has 0 aliphatic carbocycles. The number of methoxy groups -OCH3 is 1. The van der Waals surface area contributed by atoms with Crippen LogP contribution in [-0.4, -0.2) is 28.2 Å². The van der Waals surface area contributed by atoms with Gasteiger partial charge in [0.2, 0.25) is 0 Å². The summed E-state index contributed by atoms with van der Waals surface area (Å²) in [6, 6.07) is 18.5. The van der Waals surface area contributed by atoms with Gasteiger partial charge in [-0.15, -0.1) is 0 Å². The van der Waals surface area contributed by atoms with Gasteiger partial charge < -0.3 is 9.84 Å². The molecule has 3 aromatic carbocycles. The van der Waals surface area contributed by atoms with Crippen molar-refractivity contribution in [3.8, 4) is 17.9 Å². The predicted molar refractivity (Wildman–Crippen MR) is 118 cm³/mol. The number of aromatic hydroxyl groups is 1. The quantitative estimate of drug-likeness (QED) is 0.386. The summed E-state index contributed by atoms with van der Waals surface area (Å²) < 4.78 is 4.92. The lowest BCUT2D eigenvalue weighted by atomic mass is 9.85. The van der Waals surface area contributed by atoms with Crippen molar-refractivity contribution in [1.82, 2.24) is 9.97 Å². The van der Waals surface area contributed by atoms with E-state index in [9.17, 15) is 20.4 Å². The van der Waals surface area contributed by atoms with Crippen molar-refractivity contribution in [2.24, 2.45) is 0 Å². The first kappa shape index (κ1) is 20.8. The standard InChI is InChI=1S/C25H18N4O3/c1-14-7-9-15(10-8-14)18(11-21(30)32-2)22-24-23(28-19(12-26)20(13-27)29-24)16-5-3-4-6-17(16)25(22)31/h3-10,18,31H,11H2,1-2H3. The average Bonchev–Trinajstić information content (AvgIpc) is 2.83. The first-order chi connectivity index (χ1) is 15.5. The third kappa shape index (κ3) is 3.46. The molecule has 1 heterocycles. The minimum absolute atomic E-state index is 0.0505. The van der Waals surface area contributed by atoms with E-state index in [0.29, 0.717) is 21.9 Å². The summed E-state index contributed by atoms with van der Waals surface area (Å²) >= 11 is 0. The van der Waals surface area contributed by atoms with Gasteiger partial charge in [-0.25, -0.2) is 9.97 Å². The van der Waals surface area contributed by atoms with Crippen LogP contribution in [0.1, 0.15) is 40.4 Å². The molecule has 0 spiro atoms. The molecule has 0 fully saturated rings. The fraction of sp³-hybridized carbons (Fsp3) is 0.160. The lowest BCUT2D eigenvalue weighted by molar-refractivity contribution is -0.140. The molecular formula is C25H18N4O3. The number of carbonyl (C=O) groups is 1. The smallest absolute Gasteiger partial charge is 0.306 e. The fourth-order valence-electron chi connectivity index (χ4n) is 3.89. The van der Waals surface area contributed by atoms with Crippen molar-refractivity contribution in [3.05, 3.63) is 76.6 Å². The zero-order chi connectivity index (χ0) is 22.8. The van der Waals surface area contributed by atoms with Crippen molar-refractivity contribution in [3.63, 3.8) is 0 Å². The molecule has 0 radical (unpaired) electrons. The first-order valence-corrected chi connectivity index (χ1v) is 9.87. The van der Waals surface area contributed by atoms with Gasteiger partial charge in [-0.05, 0) is 12.5 Å². The van der Waals surface area contributed by atoms with Crippen molar-refractivity contribution in [2.75, 3.05) is 7.11 Å². The van der Waals surface area contributed by atoms with Crippen LogP contribution >= 0.6 is 0 Å². The van der Waals surface area contributed by atoms with Crippen LogP contribution in [0.2, 0.25) is 0 Å². The van der Waals surface area contributed by atoms with E-state index in [2.05, 4.69) is 9.97 Å². The van der Waals surface area contributed by atoms with E-state index in [-0.39, 0.29) is 29.1 Å². The lowest BCUT2D eigenvalue weighted by Gasteiger charge is -2.21. The summed E-state index contributed by atoms with van der Waals surface area (Å²) in [6.07, 6.45) is -0.0515. The van der Waals surface area contributed by atoms with Crippen molar-refractivity contribution < 1.29 is 14.6 Å². The molecule has 1 unspecified atom stereocenters. The van der Waals surface area contributed by atoms with Crippen molar-refractivity contribution in [1.29, 1.82) is 10.5 Å². The summed E-state index contributed by atoms with van der Waals surface area (Å²) in [7, 11) is 1.31. The molecule has 1 N–H and O–H groups in total. The number of carbonyl (C=O) groups excluding carboxylic acids is 1. The molecule has 7 nitrogen and oxygen atoms in total. The van der Waals surface area contributed by atoms with Gasteiger partial charge in [0.25, 0.3) is 0 Å². The van der Waals surface area contributed by atoms with Crippen LogP contribution in [0.15, 0.2) is 48.5 Å². The van der Waals surface area contributed by atoms with Crippen LogP contribution in [0, 0.1) is 29.6 Å². The Morgan fingerprint density at radius 2 is 1.59 bits per heavy atom. The highest BCUT2D eigenvalue weighted by Gasteiger charge is 2.28. The zero-order valence-electron chi connectivity index (χ0n) is 17.5. The fourth-order valence-corrected chi connectivity index (χ4v) is 3.89. The molecule has 156 valence electrons. The van der Waals surface area contributed by atoms with Gasteiger partial charge >= 0.3 is 5.97 Å². The highest BCUT2D eigenvalue weighted by Crippen LogP contribution is 2.43. The third-order valence-electron chi connectivity index (χ3n) is 5.48. The average molecular weight is 422 g/mol. The van der Waals surface area contributed by atoms with Gasteiger partial charge in [-0.2, -0.15) is 10.5 Å². The topological polar surface area (TPSA) is 120 Å². The SMILES string of the molecule is COC(=O)CC(c1ccc(C)cc1)c1c(O)c2ccccc2c2nc(C#N)c(C#N)nc12. The van der Waals surface area contributed by atoms with Crippen LogP contribution < -0.4 is 0 Å². The number of hydrogen-bond donors (Lipinski definition) is 1. The predicted octanol–water partition coefficient (Wildman–Crippen LogP) is 4.24. The van der Waals surface area contributed by atoms with E-state index in [4.69, 9.17) is 4.74 Å². The molecule has 1 atom stereocenters. The maximum Gasteiger partial charge on any atom is 0.306 e. The van der Waals surface area contributed by atoms with Gasteiger partial charge in [0.05, 0.1) is 24.6 Å². The first-order valence-electron chi connectivity index (χ1n) is 9.87. The number of phenolic OH excluding ortho intramolecular Hbond substituents is 1. The minimum atomic E-state index is -0.607. The Morgan fingerprint density at radius 1 is 1.00 bits per heavy atom. The highest BCUT2D eigenvalue weighted by molar-refractivity contribution is 6.09. The molecule has 0 bridgehead atoms. The number of aromatic nitrogens is 2. The van der Waals surface area contributed by atoms with E-state index in [1.807, 2.05) is 43.3 Å². The zero-order valence-corrected chi connectivity index (χ0v) is 17.5. The van der Waals surface area contributed by atoms with Crippen LogP contribution in [0.5, 0.6) is 5.75 Å². The molecule has 1 aromatic heterocycles. The summed E-state index contributed by atoms with van der Waals surface area (Å²) in [4.78, 5) is 21.2. The molecule has 7 heteroatoms. The van der Waals surface area contributed by atoms with Gasteiger partial charge in [0, 0.05) is 22.3 Å². The molecular weight excluding hydrogens is 404 g/mol. The molecule has 0 aliphatic rings. The Balaban J connectivity index is 2.15. The summed E-state index contributed by atoms with van der Waals surface area (Å²) in [6.45, 7) is 1.95. The molecule has 0 aliphatic heterocycles. The van der Waals surface area contributed by atoms with Crippen LogP contribution in [0.25, 0.3) is 21.8 Å². The summed E-state index contributed by atoms with van der Waals surface area (Å²) in [5, 5.41) is 31.4. The number of nitriles is 2. The Morgan fingerprint density at radius 3 is 2.19 bits per heavy atom. The second-order valence-electron chi connectivity index (χ2n) is 7.39. The monoisotopic (exact) mass is 422 g/mol. The maximum absolute atomic E-state index is 12.3. The molecule has 0 saturated heterocycles. The molecule has 0 amide bonds. The van der Waals surface area contributed by atoms with E-state index < -0.39 is 11.9 Å². The Labute approximate surface area is 184 Å². The molecule has 0 saturated carbocycles. The third-order valence-corrected chi connectivity index (χ3v) is 5.48. The number of hydrogen-bond acceptors (Lipinski definition) is 7. The number of benzene rings is 3. The number of ether oxygens (including phenoxy) is 1. The van der Waals surface area contributed by atoms with E-state index in [1.54, 1.807) is 24.3 Å². The summed E-state index contributed by atoms with van der Waals surface area (Å²) in [5.74, 6) is -1.12. The number of fused-ring (bicyclic) bond motifs is 3. The molecule has 32 heavy (non-hydrogen) atoms. The van der Waals surface area contributed by atoms with Crippen LogP contribution in [0.3, 0.4) is 0 Å². The Kier molecular flexibility index (Phi) is 5.41. The van der Waals surface area contributed by atoms with Gasteiger partial charge in [0.1, 0.15) is 17.9 Å². The van der Waals surface area contributed by atoms with Crippen molar-refractivity contribution in [2.45, 2.75) is 19.3 Å². The Hall–Kier alpha value is -4.49.